The number of rotatable bonds is 3. The van der Waals surface area contributed by atoms with Crippen LogP contribution in [-0.2, 0) is 4.79 Å². The smallest absolute Gasteiger partial charge is 0.401 e. The zero-order valence-corrected chi connectivity index (χ0v) is 12.9. The Labute approximate surface area is 138 Å². The third-order valence-corrected chi connectivity index (χ3v) is 4.26. The summed E-state index contributed by atoms with van der Waals surface area (Å²) in [4.78, 5) is 23.6. The number of thiocarbonyl (C=S) groups is 1. The summed E-state index contributed by atoms with van der Waals surface area (Å²) in [6.07, 6.45) is 1.34. The van der Waals surface area contributed by atoms with Gasteiger partial charge in [0.05, 0.1) is 16.7 Å². The number of nitrogens with zero attached hydrogens (tertiary/aromatic N) is 2. The number of hydrogen-bond acceptors (Lipinski definition) is 6. The van der Waals surface area contributed by atoms with Crippen LogP contribution in [0.3, 0.4) is 0 Å². The molecule has 1 amide bonds. The molecule has 1 aromatic carbocycles. The summed E-state index contributed by atoms with van der Waals surface area (Å²) in [7, 11) is 0. The molecule has 2 aromatic rings. The molecule has 1 saturated heterocycles. The number of furan rings is 1. The van der Waals surface area contributed by atoms with Crippen LogP contribution in [0.25, 0.3) is 6.08 Å². The van der Waals surface area contributed by atoms with E-state index in [2.05, 4.69) is 0 Å². The highest BCUT2D eigenvalue weighted by molar-refractivity contribution is 8.27. The molecule has 116 valence electrons. The highest BCUT2D eigenvalue weighted by Gasteiger charge is 2.35. The molecule has 23 heavy (non-hydrogen) atoms. The molecule has 0 unspecified atom stereocenters. The summed E-state index contributed by atoms with van der Waals surface area (Å²) >= 11 is 6.09. The first-order valence-corrected chi connectivity index (χ1v) is 7.46. The summed E-state index contributed by atoms with van der Waals surface area (Å²) in [6, 6.07) is 8.33. The molecule has 0 spiro atoms. The predicted molar refractivity (Wildman–Crippen MR) is 87.4 cm³/mol. The minimum absolute atomic E-state index is 0.0591. The van der Waals surface area contributed by atoms with E-state index in [0.29, 0.717) is 0 Å². The lowest BCUT2D eigenvalue weighted by Crippen LogP contribution is -2.28. The maximum atomic E-state index is 13.9. The van der Waals surface area contributed by atoms with Crippen molar-refractivity contribution < 1.29 is 18.5 Å². The van der Waals surface area contributed by atoms with E-state index in [4.69, 9.17) is 16.6 Å². The van der Waals surface area contributed by atoms with E-state index in [0.717, 1.165) is 16.7 Å². The van der Waals surface area contributed by atoms with Gasteiger partial charge in [0.15, 0.2) is 4.32 Å². The number of hydrogen-bond donors (Lipinski definition) is 0. The highest BCUT2D eigenvalue weighted by Crippen LogP contribution is 2.37. The lowest BCUT2D eigenvalue weighted by Gasteiger charge is -2.14. The van der Waals surface area contributed by atoms with E-state index in [1.54, 1.807) is 6.07 Å². The zero-order chi connectivity index (χ0) is 16.6. The Morgan fingerprint density at radius 3 is 2.70 bits per heavy atom. The second-order valence-electron chi connectivity index (χ2n) is 4.40. The monoisotopic (exact) mass is 350 g/mol. The van der Waals surface area contributed by atoms with Crippen molar-refractivity contribution >= 4 is 51.9 Å². The third kappa shape index (κ3) is 2.88. The van der Waals surface area contributed by atoms with Gasteiger partial charge in [0.1, 0.15) is 16.5 Å². The predicted octanol–water partition coefficient (Wildman–Crippen LogP) is 3.73. The Kier molecular flexibility index (Phi) is 3.97. The first-order chi connectivity index (χ1) is 11.0. The molecule has 1 aliphatic rings. The van der Waals surface area contributed by atoms with Gasteiger partial charge in [-0.2, -0.15) is 0 Å². The second-order valence-corrected chi connectivity index (χ2v) is 6.08. The largest absolute Gasteiger partial charge is 0.433 e. The summed E-state index contributed by atoms with van der Waals surface area (Å²) < 4.78 is 19.0. The molecular weight excluding hydrogens is 343 g/mol. The van der Waals surface area contributed by atoms with E-state index in [-0.39, 0.29) is 20.7 Å². The van der Waals surface area contributed by atoms with Gasteiger partial charge in [-0.3, -0.25) is 19.8 Å². The van der Waals surface area contributed by atoms with Crippen molar-refractivity contribution in [1.82, 2.24) is 0 Å². The van der Waals surface area contributed by atoms with Crippen LogP contribution in [0.5, 0.6) is 0 Å². The number of benzene rings is 1. The Morgan fingerprint density at radius 1 is 1.30 bits per heavy atom. The fraction of sp³-hybridized carbons (Fsp3) is 0. The molecule has 0 saturated carbocycles. The van der Waals surface area contributed by atoms with Gasteiger partial charge in [0.2, 0.25) is 0 Å². The van der Waals surface area contributed by atoms with E-state index >= 15 is 0 Å². The van der Waals surface area contributed by atoms with E-state index in [1.807, 2.05) is 0 Å². The van der Waals surface area contributed by atoms with Crippen molar-refractivity contribution in [2.45, 2.75) is 0 Å². The van der Waals surface area contributed by atoms with Crippen molar-refractivity contribution in [3.63, 3.8) is 0 Å². The van der Waals surface area contributed by atoms with E-state index < -0.39 is 22.5 Å². The molecule has 3 rings (SSSR count). The molecule has 1 aliphatic heterocycles. The molecule has 1 fully saturated rings. The van der Waals surface area contributed by atoms with Crippen LogP contribution in [0.15, 0.2) is 45.7 Å². The number of carbonyl (C=O) groups is 1. The fourth-order valence-corrected chi connectivity index (χ4v) is 3.22. The number of thioether (sulfide) groups is 1. The van der Waals surface area contributed by atoms with Gasteiger partial charge in [-0.25, -0.2) is 4.39 Å². The molecule has 0 N–H and O–H groups in total. The van der Waals surface area contributed by atoms with Crippen molar-refractivity contribution in [3.05, 3.63) is 63.0 Å². The zero-order valence-electron chi connectivity index (χ0n) is 11.3. The maximum Gasteiger partial charge on any atom is 0.433 e. The van der Waals surface area contributed by atoms with E-state index in [1.165, 1.54) is 36.4 Å². The van der Waals surface area contributed by atoms with Crippen LogP contribution in [0.1, 0.15) is 5.76 Å². The average Bonchev–Trinajstić information content (AvgIpc) is 3.07. The molecule has 1 aromatic heterocycles. The van der Waals surface area contributed by atoms with Crippen molar-refractivity contribution in [3.8, 4) is 0 Å². The van der Waals surface area contributed by atoms with Gasteiger partial charge in [0.25, 0.3) is 5.91 Å². The first-order valence-electron chi connectivity index (χ1n) is 6.24. The molecular formula is C14H7FN2O4S2. The SMILES string of the molecule is O=C1/C(=C/c2ccc([N+](=O)[O-])o2)SC(=S)N1c1ccccc1F. The average molecular weight is 350 g/mol. The number of carbonyl (C=O) groups excluding carboxylic acids is 1. The quantitative estimate of drug-likeness (QED) is 0.363. The van der Waals surface area contributed by atoms with Crippen molar-refractivity contribution in [1.29, 1.82) is 0 Å². The minimum Gasteiger partial charge on any atom is -0.401 e. The normalized spacial score (nSPS) is 16.4. The molecule has 2 heterocycles. The van der Waals surface area contributed by atoms with Gasteiger partial charge in [-0.1, -0.05) is 36.1 Å². The fourth-order valence-electron chi connectivity index (χ4n) is 1.96. The first kappa shape index (κ1) is 15.4. The van der Waals surface area contributed by atoms with Gasteiger partial charge in [-0.05, 0) is 18.2 Å². The van der Waals surface area contributed by atoms with E-state index in [9.17, 15) is 19.3 Å². The van der Waals surface area contributed by atoms with Gasteiger partial charge in [-0.15, -0.1) is 0 Å². The molecule has 0 atom stereocenters. The minimum atomic E-state index is -0.679. The summed E-state index contributed by atoms with van der Waals surface area (Å²) in [5, 5.41) is 10.6. The maximum absolute atomic E-state index is 13.9. The Morgan fingerprint density at radius 2 is 2.04 bits per heavy atom. The van der Waals surface area contributed by atoms with Crippen LogP contribution in [0, 0.1) is 15.9 Å². The lowest BCUT2D eigenvalue weighted by atomic mass is 10.2. The highest BCUT2D eigenvalue weighted by atomic mass is 32.2. The summed E-state index contributed by atoms with van der Waals surface area (Å²) in [6.45, 7) is 0. The third-order valence-electron chi connectivity index (χ3n) is 2.95. The second kappa shape index (κ2) is 5.94. The molecule has 0 bridgehead atoms. The topological polar surface area (TPSA) is 76.6 Å². The van der Waals surface area contributed by atoms with Gasteiger partial charge >= 0.3 is 5.88 Å². The molecule has 0 aliphatic carbocycles. The van der Waals surface area contributed by atoms with Crippen molar-refractivity contribution in [2.24, 2.45) is 0 Å². The number of halogens is 1. The van der Waals surface area contributed by atoms with Crippen LogP contribution in [0.4, 0.5) is 16.0 Å². The standard InChI is InChI=1S/C14H7FN2O4S2/c15-9-3-1-2-4-10(9)16-13(18)11(23-14(16)22)7-8-5-6-12(21-8)17(19)20/h1-7H/b11-7-. The van der Waals surface area contributed by atoms with Crippen molar-refractivity contribution in [2.75, 3.05) is 4.90 Å². The number of amides is 1. The summed E-state index contributed by atoms with van der Waals surface area (Å²) in [5.41, 5.74) is 0.0591. The van der Waals surface area contributed by atoms with Crippen LogP contribution in [-0.4, -0.2) is 15.2 Å². The van der Waals surface area contributed by atoms with Crippen LogP contribution < -0.4 is 4.90 Å². The molecule has 0 radical (unpaired) electrons. The lowest BCUT2D eigenvalue weighted by molar-refractivity contribution is -0.402. The Bertz CT molecular complexity index is 862. The number of nitro groups is 1. The number of para-hydroxylation sites is 1. The number of anilines is 1. The van der Waals surface area contributed by atoms with Gasteiger partial charge in [0, 0.05) is 6.08 Å². The Balaban J connectivity index is 1.93. The molecule has 6 nitrogen and oxygen atoms in total. The summed E-state index contributed by atoms with van der Waals surface area (Å²) in [5.74, 6) is -1.37. The van der Waals surface area contributed by atoms with Crippen LogP contribution in [0.2, 0.25) is 0 Å². The molecule has 9 heteroatoms. The Hall–Kier alpha value is -2.52. The van der Waals surface area contributed by atoms with Crippen LogP contribution >= 0.6 is 24.0 Å². The van der Waals surface area contributed by atoms with Gasteiger partial charge < -0.3 is 4.42 Å².